The van der Waals surface area contributed by atoms with Gasteiger partial charge in [0.05, 0.1) is 6.42 Å². The fourth-order valence-electron chi connectivity index (χ4n) is 2.78. The van der Waals surface area contributed by atoms with E-state index in [1.54, 1.807) is 0 Å². The molecule has 0 saturated heterocycles. The van der Waals surface area contributed by atoms with Gasteiger partial charge in [-0.25, -0.2) is 0 Å². The minimum atomic E-state index is -0.00315. The van der Waals surface area contributed by atoms with Crippen molar-refractivity contribution in [2.24, 2.45) is 0 Å². The third-order valence-electron chi connectivity index (χ3n) is 4.16. The van der Waals surface area contributed by atoms with Crippen molar-refractivity contribution < 1.29 is 4.79 Å². The average molecular weight is 324 g/mol. The molecule has 2 nitrogen and oxygen atoms in total. The SMILES string of the molecule is Cc1ccc(CC(=O)NC2(CBr)CCCC2)cc1C. The first kappa shape index (κ1) is 14.6. The van der Waals surface area contributed by atoms with Gasteiger partial charge in [0.15, 0.2) is 0 Å². The number of aryl methyl sites for hydroxylation is 2. The van der Waals surface area contributed by atoms with E-state index in [9.17, 15) is 4.79 Å². The number of hydrogen-bond acceptors (Lipinski definition) is 1. The van der Waals surface area contributed by atoms with Crippen LogP contribution in [0.1, 0.15) is 42.4 Å². The van der Waals surface area contributed by atoms with Crippen LogP contribution < -0.4 is 5.32 Å². The maximum absolute atomic E-state index is 12.2. The number of hydrogen-bond donors (Lipinski definition) is 1. The zero-order valence-electron chi connectivity index (χ0n) is 11.8. The van der Waals surface area contributed by atoms with Gasteiger partial charge in [-0.15, -0.1) is 0 Å². The molecule has 0 radical (unpaired) electrons. The van der Waals surface area contributed by atoms with Crippen molar-refractivity contribution in [1.29, 1.82) is 0 Å². The molecule has 1 aliphatic carbocycles. The van der Waals surface area contributed by atoms with Crippen molar-refractivity contribution in [3.8, 4) is 0 Å². The van der Waals surface area contributed by atoms with E-state index < -0.39 is 0 Å². The molecule has 104 valence electrons. The summed E-state index contributed by atoms with van der Waals surface area (Å²) in [5, 5.41) is 4.10. The first-order valence-corrected chi connectivity index (χ1v) is 8.10. The Hall–Kier alpha value is -0.830. The molecule has 0 unspecified atom stereocenters. The molecule has 0 heterocycles. The molecule has 3 heteroatoms. The first-order valence-electron chi connectivity index (χ1n) is 6.98. The van der Waals surface area contributed by atoms with Crippen LogP contribution in [0.4, 0.5) is 0 Å². The van der Waals surface area contributed by atoms with Gasteiger partial charge in [-0.1, -0.05) is 47.0 Å². The second kappa shape index (κ2) is 6.08. The van der Waals surface area contributed by atoms with Gasteiger partial charge in [0, 0.05) is 10.9 Å². The number of carbonyl (C=O) groups is 1. The lowest BCUT2D eigenvalue weighted by atomic mass is 9.99. The maximum atomic E-state index is 12.2. The molecule has 0 bridgehead atoms. The Kier molecular flexibility index (Phi) is 4.67. The van der Waals surface area contributed by atoms with Crippen molar-refractivity contribution >= 4 is 21.8 Å². The van der Waals surface area contributed by atoms with Gasteiger partial charge in [-0.05, 0) is 43.4 Å². The highest BCUT2D eigenvalue weighted by Gasteiger charge is 2.33. The van der Waals surface area contributed by atoms with E-state index in [-0.39, 0.29) is 11.4 Å². The Balaban J connectivity index is 1.99. The molecule has 0 aliphatic heterocycles. The van der Waals surface area contributed by atoms with Crippen LogP contribution in [-0.2, 0) is 11.2 Å². The highest BCUT2D eigenvalue weighted by atomic mass is 79.9. The van der Waals surface area contributed by atoms with Crippen molar-refractivity contribution in [3.05, 3.63) is 34.9 Å². The Morgan fingerprint density at radius 1 is 1.26 bits per heavy atom. The molecule has 2 rings (SSSR count). The summed E-state index contributed by atoms with van der Waals surface area (Å²) in [6.45, 7) is 4.19. The predicted molar refractivity (Wildman–Crippen MR) is 82.8 cm³/mol. The molecule has 0 spiro atoms. The highest BCUT2D eigenvalue weighted by Crippen LogP contribution is 2.31. The van der Waals surface area contributed by atoms with Crippen molar-refractivity contribution in [2.75, 3.05) is 5.33 Å². The molecule has 0 atom stereocenters. The summed E-state index contributed by atoms with van der Waals surface area (Å²) in [5.74, 6) is 0.143. The van der Waals surface area contributed by atoms with Crippen LogP contribution in [0.5, 0.6) is 0 Å². The molecule has 1 N–H and O–H groups in total. The van der Waals surface area contributed by atoms with E-state index in [1.165, 1.54) is 24.0 Å². The topological polar surface area (TPSA) is 29.1 Å². The van der Waals surface area contributed by atoms with Gasteiger partial charge in [-0.3, -0.25) is 4.79 Å². The fourth-order valence-corrected chi connectivity index (χ4v) is 3.48. The van der Waals surface area contributed by atoms with Crippen LogP contribution in [0.25, 0.3) is 0 Å². The third-order valence-corrected chi connectivity index (χ3v) is 5.23. The molecule has 0 aromatic heterocycles. The van der Waals surface area contributed by atoms with Gasteiger partial charge in [-0.2, -0.15) is 0 Å². The largest absolute Gasteiger partial charge is 0.350 e. The first-order chi connectivity index (χ1) is 9.04. The quantitative estimate of drug-likeness (QED) is 0.841. The van der Waals surface area contributed by atoms with E-state index in [0.717, 1.165) is 23.7 Å². The van der Waals surface area contributed by atoms with Crippen LogP contribution in [0.15, 0.2) is 18.2 Å². The summed E-state index contributed by atoms with van der Waals surface area (Å²) in [7, 11) is 0. The standard InChI is InChI=1S/C16H22BrNO/c1-12-5-6-14(9-13(12)2)10-15(19)18-16(11-17)7-3-4-8-16/h5-6,9H,3-4,7-8,10-11H2,1-2H3,(H,18,19). The molecule has 1 amide bonds. The summed E-state index contributed by atoms with van der Waals surface area (Å²) in [5.41, 5.74) is 3.62. The molecule has 1 aromatic rings. The van der Waals surface area contributed by atoms with Crippen LogP contribution in [0.3, 0.4) is 0 Å². The summed E-state index contributed by atoms with van der Waals surface area (Å²) < 4.78 is 0. The maximum Gasteiger partial charge on any atom is 0.224 e. The van der Waals surface area contributed by atoms with Gasteiger partial charge < -0.3 is 5.32 Å². The Bertz CT molecular complexity index is 464. The summed E-state index contributed by atoms with van der Waals surface area (Å²) in [4.78, 5) is 12.2. The number of rotatable bonds is 4. The highest BCUT2D eigenvalue weighted by molar-refractivity contribution is 9.09. The van der Waals surface area contributed by atoms with Crippen molar-refractivity contribution in [2.45, 2.75) is 51.5 Å². The van der Waals surface area contributed by atoms with E-state index in [0.29, 0.717) is 6.42 Å². The molecule has 19 heavy (non-hydrogen) atoms. The van der Waals surface area contributed by atoms with E-state index in [1.807, 2.05) is 0 Å². The predicted octanol–water partition coefficient (Wildman–Crippen LogP) is 3.67. The second-order valence-corrected chi connectivity index (χ2v) is 6.33. The third kappa shape index (κ3) is 3.59. The fraction of sp³-hybridized carbons (Fsp3) is 0.562. The molecular weight excluding hydrogens is 302 g/mol. The molecular formula is C16H22BrNO. The lowest BCUT2D eigenvalue weighted by molar-refractivity contribution is -0.122. The van der Waals surface area contributed by atoms with Gasteiger partial charge in [0.2, 0.25) is 5.91 Å². The Labute approximate surface area is 124 Å². The van der Waals surface area contributed by atoms with Crippen LogP contribution in [0.2, 0.25) is 0 Å². The monoisotopic (exact) mass is 323 g/mol. The van der Waals surface area contributed by atoms with E-state index in [4.69, 9.17) is 0 Å². The van der Waals surface area contributed by atoms with E-state index in [2.05, 4.69) is 53.3 Å². The minimum absolute atomic E-state index is 0.00315. The number of halogens is 1. The smallest absolute Gasteiger partial charge is 0.224 e. The zero-order chi connectivity index (χ0) is 13.9. The summed E-state index contributed by atoms with van der Waals surface area (Å²) >= 11 is 3.55. The Morgan fingerprint density at radius 2 is 1.95 bits per heavy atom. The van der Waals surface area contributed by atoms with Crippen molar-refractivity contribution in [3.63, 3.8) is 0 Å². The number of carbonyl (C=O) groups excluding carboxylic acids is 1. The van der Waals surface area contributed by atoms with Gasteiger partial charge in [0.25, 0.3) is 0 Å². The number of amides is 1. The number of benzene rings is 1. The second-order valence-electron chi connectivity index (χ2n) is 5.76. The lowest BCUT2D eigenvalue weighted by Gasteiger charge is -2.28. The molecule has 1 aliphatic rings. The van der Waals surface area contributed by atoms with Crippen LogP contribution in [-0.4, -0.2) is 16.8 Å². The Morgan fingerprint density at radius 3 is 2.53 bits per heavy atom. The van der Waals surface area contributed by atoms with Gasteiger partial charge in [0.1, 0.15) is 0 Å². The van der Waals surface area contributed by atoms with Crippen molar-refractivity contribution in [1.82, 2.24) is 5.32 Å². The van der Waals surface area contributed by atoms with Gasteiger partial charge >= 0.3 is 0 Å². The average Bonchev–Trinajstić information content (AvgIpc) is 2.83. The number of nitrogens with one attached hydrogen (secondary N) is 1. The lowest BCUT2D eigenvalue weighted by Crippen LogP contribution is -2.48. The minimum Gasteiger partial charge on any atom is -0.350 e. The van der Waals surface area contributed by atoms with Crippen LogP contribution >= 0.6 is 15.9 Å². The normalized spacial score (nSPS) is 17.4. The summed E-state index contributed by atoms with van der Waals surface area (Å²) in [6.07, 6.45) is 5.11. The molecule has 1 fully saturated rings. The summed E-state index contributed by atoms with van der Waals surface area (Å²) in [6, 6.07) is 6.26. The number of alkyl halides is 1. The molecule has 1 saturated carbocycles. The molecule has 1 aromatic carbocycles. The zero-order valence-corrected chi connectivity index (χ0v) is 13.3. The van der Waals surface area contributed by atoms with E-state index >= 15 is 0 Å². The van der Waals surface area contributed by atoms with Crippen LogP contribution in [0, 0.1) is 13.8 Å².